The third-order valence-electron chi connectivity index (χ3n) is 3.64. The number of hydrogen-bond donors (Lipinski definition) is 1. The van der Waals surface area contributed by atoms with Crippen LogP contribution >= 0.6 is 0 Å². The maximum atomic E-state index is 3.45. The summed E-state index contributed by atoms with van der Waals surface area (Å²) in [7, 11) is 0. The van der Waals surface area contributed by atoms with Gasteiger partial charge in [-0.05, 0) is 41.2 Å². The molecule has 0 radical (unpaired) electrons. The number of hydrogen-bond acceptors (Lipinski definition) is 1. The molecule has 1 aliphatic heterocycles. The van der Waals surface area contributed by atoms with E-state index in [0.717, 1.165) is 13.0 Å². The van der Waals surface area contributed by atoms with Crippen molar-refractivity contribution in [3.05, 3.63) is 53.6 Å². The minimum absolute atomic E-state index is 1.07. The molecule has 2 aromatic rings. The van der Waals surface area contributed by atoms with Crippen molar-refractivity contribution in [1.29, 1.82) is 0 Å². The molecule has 0 aromatic heterocycles. The van der Waals surface area contributed by atoms with E-state index in [4.69, 9.17) is 0 Å². The van der Waals surface area contributed by atoms with E-state index < -0.39 is 0 Å². The highest BCUT2D eigenvalue weighted by atomic mass is 14.9. The largest absolute Gasteiger partial charge is 0.384 e. The number of rotatable bonds is 3. The van der Waals surface area contributed by atoms with Crippen molar-refractivity contribution in [2.45, 2.75) is 26.2 Å². The van der Waals surface area contributed by atoms with Gasteiger partial charge in [-0.25, -0.2) is 0 Å². The molecule has 0 fully saturated rings. The molecule has 1 aliphatic rings. The highest BCUT2D eigenvalue weighted by Gasteiger charge is 2.14. The molecule has 2 aromatic carbocycles. The van der Waals surface area contributed by atoms with E-state index in [1.54, 1.807) is 0 Å². The van der Waals surface area contributed by atoms with Crippen LogP contribution in [-0.2, 0) is 12.8 Å². The van der Waals surface area contributed by atoms with E-state index in [1.807, 2.05) is 0 Å². The number of benzene rings is 2. The van der Waals surface area contributed by atoms with Gasteiger partial charge in [0.2, 0.25) is 0 Å². The van der Waals surface area contributed by atoms with Crippen LogP contribution < -0.4 is 5.32 Å². The summed E-state index contributed by atoms with van der Waals surface area (Å²) in [5.41, 5.74) is 7.00. The van der Waals surface area contributed by atoms with Gasteiger partial charge in [-0.15, -0.1) is 0 Å². The zero-order chi connectivity index (χ0) is 12.4. The standard InChI is InChI=1S/C17H19N/c1-2-5-13-6-3-7-14(12-13)15-8-4-9-17-16(15)10-11-18-17/h3-4,6-9,12,18H,2,5,10-11H2,1H3. The molecule has 0 unspecified atom stereocenters. The third-order valence-corrected chi connectivity index (χ3v) is 3.64. The van der Waals surface area contributed by atoms with Crippen molar-refractivity contribution in [3.63, 3.8) is 0 Å². The summed E-state index contributed by atoms with van der Waals surface area (Å²) in [5, 5.41) is 3.45. The van der Waals surface area contributed by atoms with Crippen LogP contribution in [0.3, 0.4) is 0 Å². The van der Waals surface area contributed by atoms with Crippen LogP contribution in [0.1, 0.15) is 24.5 Å². The average Bonchev–Trinajstić information content (AvgIpc) is 2.87. The SMILES string of the molecule is CCCc1cccc(-c2cccc3c2CCN3)c1. The van der Waals surface area contributed by atoms with Crippen molar-refractivity contribution in [1.82, 2.24) is 0 Å². The number of fused-ring (bicyclic) bond motifs is 1. The minimum atomic E-state index is 1.07. The van der Waals surface area contributed by atoms with E-state index >= 15 is 0 Å². The van der Waals surface area contributed by atoms with Crippen molar-refractivity contribution in [2.24, 2.45) is 0 Å². The first-order chi connectivity index (χ1) is 8.88. The molecule has 18 heavy (non-hydrogen) atoms. The fourth-order valence-corrected chi connectivity index (χ4v) is 2.80. The molecule has 0 amide bonds. The maximum absolute atomic E-state index is 3.45. The lowest BCUT2D eigenvalue weighted by Gasteiger charge is -2.09. The summed E-state index contributed by atoms with van der Waals surface area (Å²) in [6.45, 7) is 3.30. The predicted molar refractivity (Wildman–Crippen MR) is 78.1 cm³/mol. The molecule has 92 valence electrons. The summed E-state index contributed by atoms with van der Waals surface area (Å²) in [6.07, 6.45) is 3.52. The highest BCUT2D eigenvalue weighted by Crippen LogP contribution is 2.33. The molecule has 1 nitrogen and oxygen atoms in total. The van der Waals surface area contributed by atoms with Gasteiger partial charge in [0, 0.05) is 12.2 Å². The first-order valence-electron chi connectivity index (χ1n) is 6.83. The summed E-state index contributed by atoms with van der Waals surface area (Å²) in [5.74, 6) is 0. The summed E-state index contributed by atoms with van der Waals surface area (Å²) in [6, 6.07) is 15.6. The van der Waals surface area contributed by atoms with Gasteiger partial charge in [0.15, 0.2) is 0 Å². The monoisotopic (exact) mass is 237 g/mol. The predicted octanol–water partition coefficient (Wildman–Crippen LogP) is 4.27. The van der Waals surface area contributed by atoms with Crippen LogP contribution in [0.25, 0.3) is 11.1 Å². The van der Waals surface area contributed by atoms with Gasteiger partial charge >= 0.3 is 0 Å². The second kappa shape index (κ2) is 4.85. The second-order valence-electron chi connectivity index (χ2n) is 4.96. The molecule has 0 spiro atoms. The van der Waals surface area contributed by atoms with Crippen LogP contribution in [0.2, 0.25) is 0 Å². The molecule has 0 bridgehead atoms. The average molecular weight is 237 g/mol. The molecule has 1 N–H and O–H groups in total. The number of anilines is 1. The minimum Gasteiger partial charge on any atom is -0.384 e. The van der Waals surface area contributed by atoms with Crippen molar-refractivity contribution < 1.29 is 0 Å². The van der Waals surface area contributed by atoms with Crippen molar-refractivity contribution in [3.8, 4) is 11.1 Å². The Bertz CT molecular complexity index is 557. The molecular formula is C17H19N. The first kappa shape index (κ1) is 11.3. The van der Waals surface area contributed by atoms with Gasteiger partial charge in [0.1, 0.15) is 0 Å². The smallest absolute Gasteiger partial charge is 0.0379 e. The van der Waals surface area contributed by atoms with Crippen LogP contribution in [0.4, 0.5) is 5.69 Å². The lowest BCUT2D eigenvalue weighted by Crippen LogP contribution is -1.90. The normalized spacial score (nSPS) is 13.2. The second-order valence-corrected chi connectivity index (χ2v) is 4.96. The van der Waals surface area contributed by atoms with E-state index in [2.05, 4.69) is 54.7 Å². The fourth-order valence-electron chi connectivity index (χ4n) is 2.80. The van der Waals surface area contributed by atoms with Crippen molar-refractivity contribution >= 4 is 5.69 Å². The van der Waals surface area contributed by atoms with E-state index in [1.165, 1.54) is 40.8 Å². The Morgan fingerprint density at radius 2 is 2.00 bits per heavy atom. The molecule has 0 saturated carbocycles. The topological polar surface area (TPSA) is 12.0 Å². The molecular weight excluding hydrogens is 218 g/mol. The van der Waals surface area contributed by atoms with Crippen LogP contribution in [0.15, 0.2) is 42.5 Å². The third kappa shape index (κ3) is 2.01. The molecule has 0 atom stereocenters. The van der Waals surface area contributed by atoms with Crippen LogP contribution in [-0.4, -0.2) is 6.54 Å². The molecule has 1 heteroatoms. The van der Waals surface area contributed by atoms with Gasteiger partial charge in [-0.1, -0.05) is 49.7 Å². The van der Waals surface area contributed by atoms with E-state index in [9.17, 15) is 0 Å². The molecule has 0 aliphatic carbocycles. The van der Waals surface area contributed by atoms with Gasteiger partial charge in [-0.2, -0.15) is 0 Å². The summed E-state index contributed by atoms with van der Waals surface area (Å²) >= 11 is 0. The molecule has 0 saturated heterocycles. The van der Waals surface area contributed by atoms with Crippen LogP contribution in [0, 0.1) is 0 Å². The maximum Gasteiger partial charge on any atom is 0.0379 e. The number of aryl methyl sites for hydroxylation is 1. The quantitative estimate of drug-likeness (QED) is 0.840. The summed E-state index contributed by atoms with van der Waals surface area (Å²) < 4.78 is 0. The Balaban J connectivity index is 2.05. The lowest BCUT2D eigenvalue weighted by atomic mass is 9.96. The van der Waals surface area contributed by atoms with Gasteiger partial charge in [0.25, 0.3) is 0 Å². The van der Waals surface area contributed by atoms with Gasteiger partial charge in [-0.3, -0.25) is 0 Å². The van der Waals surface area contributed by atoms with Gasteiger partial charge in [0.05, 0.1) is 0 Å². The lowest BCUT2D eigenvalue weighted by molar-refractivity contribution is 0.922. The molecule has 1 heterocycles. The Kier molecular flexibility index (Phi) is 3.06. The first-order valence-corrected chi connectivity index (χ1v) is 6.83. The Hall–Kier alpha value is -1.76. The Labute approximate surface area is 109 Å². The Morgan fingerprint density at radius 1 is 1.11 bits per heavy atom. The van der Waals surface area contributed by atoms with E-state index in [0.29, 0.717) is 0 Å². The highest BCUT2D eigenvalue weighted by molar-refractivity contribution is 5.76. The molecule has 3 rings (SSSR count). The summed E-state index contributed by atoms with van der Waals surface area (Å²) in [4.78, 5) is 0. The zero-order valence-corrected chi connectivity index (χ0v) is 10.9. The number of nitrogens with one attached hydrogen (secondary N) is 1. The van der Waals surface area contributed by atoms with Gasteiger partial charge < -0.3 is 5.32 Å². The van der Waals surface area contributed by atoms with Crippen molar-refractivity contribution in [2.75, 3.05) is 11.9 Å². The Morgan fingerprint density at radius 3 is 2.89 bits per heavy atom. The van der Waals surface area contributed by atoms with Crippen LogP contribution in [0.5, 0.6) is 0 Å². The zero-order valence-electron chi connectivity index (χ0n) is 10.9. The van der Waals surface area contributed by atoms with E-state index in [-0.39, 0.29) is 0 Å². The fraction of sp³-hybridized carbons (Fsp3) is 0.294.